The molecule has 0 unspecified atom stereocenters. The van der Waals surface area contributed by atoms with E-state index in [9.17, 15) is 4.79 Å². The van der Waals surface area contributed by atoms with E-state index in [1.807, 2.05) is 93.2 Å². The van der Waals surface area contributed by atoms with Crippen molar-refractivity contribution in [2.24, 2.45) is 4.99 Å². The van der Waals surface area contributed by atoms with Crippen LogP contribution in [0.4, 0.5) is 0 Å². The molecule has 3 aromatic rings. The van der Waals surface area contributed by atoms with E-state index in [2.05, 4.69) is 9.89 Å². The number of amides is 1. The number of nitrogens with zero attached hydrogens (tertiary/aromatic N) is 4. The normalized spacial score (nSPS) is 21.2. The molecule has 0 aliphatic carbocycles. The Morgan fingerprint density at radius 2 is 1.89 bits per heavy atom. The number of aromatic nitrogens is 2. The van der Waals surface area contributed by atoms with Crippen LogP contribution in [0.15, 0.2) is 64.6 Å². The number of benzene rings is 2. The molecule has 2 aliphatic rings. The van der Waals surface area contributed by atoms with Crippen molar-refractivity contribution in [2.45, 2.75) is 39.9 Å². The summed E-state index contributed by atoms with van der Waals surface area (Å²) in [5.41, 5.74) is 4.67. The Balaban J connectivity index is 1.51. The second-order valence-corrected chi connectivity index (χ2v) is 10.1. The minimum atomic E-state index is -0.219. The molecule has 7 nitrogen and oxygen atoms in total. The standard InChI is InChI=1S/C28H30N4O3S/c1-5-34-23-11-12-24(18(2)13-23)26-21(17-32(30-26)22-9-7-6-8-10-22)14-25-27(33)29-28(36-25)31-15-19(3)35-20(4)16-31/h6-14,17,19-20H,5,15-16H2,1-4H3/b25-14-/t19-,20-/m0/s1. The zero-order valence-corrected chi connectivity index (χ0v) is 21.8. The Labute approximate surface area is 215 Å². The number of amidine groups is 1. The zero-order chi connectivity index (χ0) is 25.2. The number of rotatable bonds is 5. The van der Waals surface area contributed by atoms with Crippen molar-refractivity contribution < 1.29 is 14.3 Å². The molecule has 0 radical (unpaired) electrons. The summed E-state index contributed by atoms with van der Waals surface area (Å²) in [5.74, 6) is 0.610. The van der Waals surface area contributed by atoms with Crippen LogP contribution in [0, 0.1) is 6.92 Å². The third-order valence-electron chi connectivity index (χ3n) is 6.11. The fourth-order valence-corrected chi connectivity index (χ4v) is 5.50. The van der Waals surface area contributed by atoms with Crippen molar-refractivity contribution in [3.63, 3.8) is 0 Å². The molecule has 0 saturated carbocycles. The van der Waals surface area contributed by atoms with Crippen LogP contribution in [0.3, 0.4) is 0 Å². The summed E-state index contributed by atoms with van der Waals surface area (Å²) >= 11 is 1.42. The van der Waals surface area contributed by atoms with Gasteiger partial charge < -0.3 is 14.4 Å². The SMILES string of the molecule is CCOc1ccc(-c2nn(-c3ccccc3)cc2/C=C2\SC(N3C[C@H](C)O[C@@H](C)C3)=NC2=O)c(C)c1. The first-order chi connectivity index (χ1) is 17.4. The maximum Gasteiger partial charge on any atom is 0.286 e. The molecule has 1 aromatic heterocycles. The van der Waals surface area contributed by atoms with Gasteiger partial charge in [-0.05, 0) is 81.4 Å². The average molecular weight is 503 g/mol. The van der Waals surface area contributed by atoms with Crippen molar-refractivity contribution >= 4 is 28.9 Å². The third kappa shape index (κ3) is 5.10. The van der Waals surface area contributed by atoms with E-state index in [1.54, 1.807) is 0 Å². The number of aryl methyl sites for hydroxylation is 1. The molecule has 36 heavy (non-hydrogen) atoms. The van der Waals surface area contributed by atoms with E-state index in [0.717, 1.165) is 52.1 Å². The average Bonchev–Trinajstić information content (AvgIpc) is 3.43. The van der Waals surface area contributed by atoms with E-state index < -0.39 is 0 Å². The fourth-order valence-electron chi connectivity index (χ4n) is 4.58. The lowest BCUT2D eigenvalue weighted by molar-refractivity contribution is -0.113. The molecule has 0 N–H and O–H groups in total. The number of para-hydroxylation sites is 1. The zero-order valence-electron chi connectivity index (χ0n) is 21.0. The Bertz CT molecular complexity index is 1320. The molecule has 1 fully saturated rings. The lowest BCUT2D eigenvalue weighted by Gasteiger charge is -2.35. The number of ether oxygens (including phenoxy) is 2. The summed E-state index contributed by atoms with van der Waals surface area (Å²) in [5, 5.41) is 5.67. The number of thioether (sulfide) groups is 1. The topological polar surface area (TPSA) is 68.9 Å². The van der Waals surface area contributed by atoms with Gasteiger partial charge >= 0.3 is 0 Å². The maximum absolute atomic E-state index is 12.9. The van der Waals surface area contributed by atoms with Crippen molar-refractivity contribution in [1.82, 2.24) is 14.7 Å². The van der Waals surface area contributed by atoms with Crippen LogP contribution in [-0.2, 0) is 9.53 Å². The first kappa shape index (κ1) is 24.3. The molecule has 8 heteroatoms. The number of hydrogen-bond acceptors (Lipinski definition) is 6. The lowest BCUT2D eigenvalue weighted by Crippen LogP contribution is -2.47. The van der Waals surface area contributed by atoms with Crippen molar-refractivity contribution in [3.05, 3.63) is 70.8 Å². The molecule has 5 rings (SSSR count). The summed E-state index contributed by atoms with van der Waals surface area (Å²) in [7, 11) is 0. The van der Waals surface area contributed by atoms with Crippen LogP contribution in [0.25, 0.3) is 23.0 Å². The van der Waals surface area contributed by atoms with E-state index in [-0.39, 0.29) is 18.1 Å². The predicted octanol–water partition coefficient (Wildman–Crippen LogP) is 5.33. The molecule has 3 heterocycles. The number of hydrogen-bond donors (Lipinski definition) is 0. The molecule has 2 aliphatic heterocycles. The number of carbonyl (C=O) groups is 1. The van der Waals surface area contributed by atoms with Gasteiger partial charge in [0.15, 0.2) is 5.17 Å². The van der Waals surface area contributed by atoms with Crippen LogP contribution in [0.2, 0.25) is 0 Å². The smallest absolute Gasteiger partial charge is 0.286 e. The highest BCUT2D eigenvalue weighted by Crippen LogP contribution is 2.35. The van der Waals surface area contributed by atoms with Gasteiger partial charge in [-0.3, -0.25) is 4.79 Å². The molecular formula is C28H30N4O3S. The van der Waals surface area contributed by atoms with Gasteiger partial charge in [0.05, 0.1) is 29.4 Å². The Morgan fingerprint density at radius 3 is 2.58 bits per heavy atom. The second-order valence-electron chi connectivity index (χ2n) is 9.10. The van der Waals surface area contributed by atoms with E-state index >= 15 is 0 Å². The van der Waals surface area contributed by atoms with Crippen LogP contribution in [0.5, 0.6) is 5.75 Å². The third-order valence-corrected chi connectivity index (χ3v) is 7.16. The van der Waals surface area contributed by atoms with Crippen LogP contribution >= 0.6 is 11.8 Å². The highest BCUT2D eigenvalue weighted by molar-refractivity contribution is 8.18. The van der Waals surface area contributed by atoms with Crippen LogP contribution in [0.1, 0.15) is 31.9 Å². The largest absolute Gasteiger partial charge is 0.494 e. The van der Waals surface area contributed by atoms with Crippen molar-refractivity contribution in [1.29, 1.82) is 0 Å². The van der Waals surface area contributed by atoms with Crippen LogP contribution in [-0.4, -0.2) is 57.7 Å². The van der Waals surface area contributed by atoms with E-state index in [1.165, 1.54) is 11.8 Å². The Kier molecular flexibility index (Phi) is 6.98. The van der Waals surface area contributed by atoms with Crippen molar-refractivity contribution in [3.8, 4) is 22.7 Å². The molecule has 2 atom stereocenters. The quantitative estimate of drug-likeness (QED) is 0.440. The van der Waals surface area contributed by atoms with Crippen LogP contribution < -0.4 is 4.74 Å². The minimum Gasteiger partial charge on any atom is -0.494 e. The molecule has 0 bridgehead atoms. The molecule has 2 aromatic carbocycles. The predicted molar refractivity (Wildman–Crippen MR) is 144 cm³/mol. The van der Waals surface area contributed by atoms with Gasteiger partial charge in [-0.15, -0.1) is 0 Å². The summed E-state index contributed by atoms with van der Waals surface area (Å²) < 4.78 is 13.4. The molecular weight excluding hydrogens is 472 g/mol. The number of carbonyl (C=O) groups excluding carboxylic acids is 1. The summed E-state index contributed by atoms with van der Waals surface area (Å²) in [4.78, 5) is 20.0. The molecule has 1 saturated heterocycles. The number of morpholine rings is 1. The van der Waals surface area contributed by atoms with Gasteiger partial charge in [0.25, 0.3) is 5.91 Å². The Morgan fingerprint density at radius 1 is 1.14 bits per heavy atom. The fraction of sp³-hybridized carbons (Fsp3) is 0.321. The first-order valence-corrected chi connectivity index (χ1v) is 13.0. The van der Waals surface area contributed by atoms with E-state index in [0.29, 0.717) is 11.5 Å². The molecule has 186 valence electrons. The monoisotopic (exact) mass is 502 g/mol. The van der Waals surface area contributed by atoms with Crippen molar-refractivity contribution in [2.75, 3.05) is 19.7 Å². The highest BCUT2D eigenvalue weighted by Gasteiger charge is 2.31. The van der Waals surface area contributed by atoms with Gasteiger partial charge in [0, 0.05) is 30.4 Å². The lowest BCUT2D eigenvalue weighted by atomic mass is 10.0. The van der Waals surface area contributed by atoms with Gasteiger partial charge in [0.1, 0.15) is 11.4 Å². The Hall–Kier alpha value is -3.36. The maximum atomic E-state index is 12.9. The second kappa shape index (κ2) is 10.3. The summed E-state index contributed by atoms with van der Waals surface area (Å²) in [6.45, 7) is 10.2. The van der Waals surface area contributed by atoms with E-state index in [4.69, 9.17) is 14.6 Å². The van der Waals surface area contributed by atoms with Gasteiger partial charge in [0.2, 0.25) is 0 Å². The summed E-state index contributed by atoms with van der Waals surface area (Å²) in [6.07, 6.45) is 4.07. The molecule has 0 spiro atoms. The summed E-state index contributed by atoms with van der Waals surface area (Å²) in [6, 6.07) is 16.0. The molecule has 1 amide bonds. The first-order valence-electron chi connectivity index (χ1n) is 12.2. The minimum absolute atomic E-state index is 0.0959. The number of aliphatic imine (C=N–C) groups is 1. The van der Waals surface area contributed by atoms with Gasteiger partial charge in [-0.1, -0.05) is 18.2 Å². The van der Waals surface area contributed by atoms with Gasteiger partial charge in [-0.25, -0.2) is 4.68 Å². The highest BCUT2D eigenvalue weighted by atomic mass is 32.2. The van der Waals surface area contributed by atoms with Gasteiger partial charge in [-0.2, -0.15) is 10.1 Å².